The van der Waals surface area contributed by atoms with Crippen LogP contribution in [0, 0.1) is 0 Å². The van der Waals surface area contributed by atoms with Gasteiger partial charge in [-0.25, -0.2) is 0 Å². The summed E-state index contributed by atoms with van der Waals surface area (Å²) in [6.45, 7) is 2.97. The Labute approximate surface area is 86.9 Å². The van der Waals surface area contributed by atoms with Gasteiger partial charge in [-0.05, 0) is 40.0 Å². The van der Waals surface area contributed by atoms with Gasteiger partial charge in [0, 0.05) is 24.1 Å². The summed E-state index contributed by atoms with van der Waals surface area (Å²) in [6.07, 6.45) is 1.31. The Bertz CT molecular complexity index is 308. The van der Waals surface area contributed by atoms with Crippen molar-refractivity contribution >= 4 is 21.6 Å². The third-order valence-corrected chi connectivity index (χ3v) is 3.08. The zero-order chi connectivity index (χ0) is 9.26. The summed E-state index contributed by atoms with van der Waals surface area (Å²) in [7, 11) is 0. The Morgan fingerprint density at radius 2 is 2.15 bits per heavy atom. The highest BCUT2D eigenvalue weighted by Gasteiger charge is 2.16. The first-order chi connectivity index (χ1) is 6.31. The van der Waals surface area contributed by atoms with Crippen molar-refractivity contribution in [2.45, 2.75) is 13.0 Å². The van der Waals surface area contributed by atoms with Gasteiger partial charge in [0.05, 0.1) is 5.69 Å². The van der Waals surface area contributed by atoms with Gasteiger partial charge in [-0.3, -0.25) is 0 Å². The van der Waals surface area contributed by atoms with E-state index in [2.05, 4.69) is 39.0 Å². The molecular formula is C10H13BrN2. The second kappa shape index (κ2) is 3.68. The van der Waals surface area contributed by atoms with Gasteiger partial charge >= 0.3 is 0 Å². The lowest BCUT2D eigenvalue weighted by molar-refractivity contribution is 0.616. The van der Waals surface area contributed by atoms with Gasteiger partial charge in [-0.2, -0.15) is 0 Å². The third kappa shape index (κ3) is 1.71. The summed E-state index contributed by atoms with van der Waals surface area (Å²) < 4.78 is 1.16. The predicted octanol–water partition coefficient (Wildman–Crippen LogP) is 2.12. The van der Waals surface area contributed by atoms with Gasteiger partial charge in [-0.15, -0.1) is 0 Å². The summed E-state index contributed by atoms with van der Waals surface area (Å²) >= 11 is 3.57. The van der Waals surface area contributed by atoms with Gasteiger partial charge in [-0.1, -0.05) is 6.07 Å². The fraction of sp³-hybridized carbons (Fsp3) is 0.400. The van der Waals surface area contributed by atoms with Gasteiger partial charge in [0.25, 0.3) is 0 Å². The molecule has 0 aliphatic carbocycles. The second-order valence-electron chi connectivity index (χ2n) is 3.33. The molecule has 0 radical (unpaired) electrons. The summed E-state index contributed by atoms with van der Waals surface area (Å²) in [5.41, 5.74) is 8.03. The van der Waals surface area contributed by atoms with Crippen molar-refractivity contribution in [2.24, 2.45) is 5.73 Å². The number of hydrogen-bond donors (Lipinski definition) is 1. The fourth-order valence-electron chi connectivity index (χ4n) is 1.49. The topological polar surface area (TPSA) is 29.3 Å². The van der Waals surface area contributed by atoms with Crippen molar-refractivity contribution in [3.8, 4) is 0 Å². The molecule has 3 heteroatoms. The molecule has 1 saturated heterocycles. The van der Waals surface area contributed by atoms with Gasteiger partial charge < -0.3 is 10.6 Å². The molecule has 2 rings (SSSR count). The largest absolute Gasteiger partial charge is 0.370 e. The van der Waals surface area contributed by atoms with Crippen molar-refractivity contribution in [1.29, 1.82) is 0 Å². The quantitative estimate of drug-likeness (QED) is 0.859. The van der Waals surface area contributed by atoms with Crippen molar-refractivity contribution in [2.75, 3.05) is 18.0 Å². The molecule has 0 saturated carbocycles. The van der Waals surface area contributed by atoms with Crippen LogP contribution in [0.5, 0.6) is 0 Å². The van der Waals surface area contributed by atoms with Crippen LogP contribution in [-0.4, -0.2) is 13.1 Å². The van der Waals surface area contributed by atoms with E-state index in [4.69, 9.17) is 5.73 Å². The lowest BCUT2D eigenvalue weighted by Crippen LogP contribution is -2.37. The average Bonchev–Trinajstić information content (AvgIpc) is 2.05. The highest BCUT2D eigenvalue weighted by molar-refractivity contribution is 9.10. The molecule has 1 fully saturated rings. The first-order valence-electron chi connectivity index (χ1n) is 4.54. The normalized spacial score (nSPS) is 15.7. The van der Waals surface area contributed by atoms with Gasteiger partial charge in [0.2, 0.25) is 0 Å². The zero-order valence-electron chi connectivity index (χ0n) is 7.46. The molecular weight excluding hydrogens is 228 g/mol. The third-order valence-electron chi connectivity index (χ3n) is 2.44. The van der Waals surface area contributed by atoms with E-state index in [0.29, 0.717) is 6.54 Å². The highest BCUT2D eigenvalue weighted by atomic mass is 79.9. The molecule has 0 atom stereocenters. The highest BCUT2D eigenvalue weighted by Crippen LogP contribution is 2.30. The summed E-state index contributed by atoms with van der Waals surface area (Å²) in [5, 5.41) is 0. The molecule has 1 aliphatic rings. The first-order valence-corrected chi connectivity index (χ1v) is 5.34. The molecule has 2 N–H and O–H groups in total. The zero-order valence-corrected chi connectivity index (χ0v) is 9.05. The van der Waals surface area contributed by atoms with E-state index in [1.165, 1.54) is 30.8 Å². The van der Waals surface area contributed by atoms with Crippen LogP contribution in [0.4, 0.5) is 5.69 Å². The van der Waals surface area contributed by atoms with Crippen LogP contribution in [0.1, 0.15) is 12.0 Å². The number of anilines is 1. The van der Waals surface area contributed by atoms with Crippen LogP contribution in [0.3, 0.4) is 0 Å². The molecule has 0 unspecified atom stereocenters. The van der Waals surface area contributed by atoms with E-state index in [1.54, 1.807) is 0 Å². The molecule has 0 aromatic heterocycles. The lowest BCUT2D eigenvalue weighted by Gasteiger charge is -2.34. The molecule has 13 heavy (non-hydrogen) atoms. The van der Waals surface area contributed by atoms with E-state index in [0.717, 1.165) is 4.47 Å². The van der Waals surface area contributed by atoms with Crippen molar-refractivity contribution in [3.63, 3.8) is 0 Å². The van der Waals surface area contributed by atoms with Crippen LogP contribution in [0.15, 0.2) is 22.7 Å². The maximum absolute atomic E-state index is 5.56. The van der Waals surface area contributed by atoms with E-state index >= 15 is 0 Å². The number of hydrogen-bond acceptors (Lipinski definition) is 2. The van der Waals surface area contributed by atoms with Crippen LogP contribution >= 0.6 is 15.9 Å². The monoisotopic (exact) mass is 240 g/mol. The predicted molar refractivity (Wildman–Crippen MR) is 58.9 cm³/mol. The number of benzene rings is 1. The standard InChI is InChI=1S/C10H13BrN2/c11-9-6-8(7-12)2-3-10(9)13-4-1-5-13/h2-3,6H,1,4-5,7,12H2. The van der Waals surface area contributed by atoms with Gasteiger partial charge in [0.15, 0.2) is 0 Å². The van der Waals surface area contributed by atoms with Crippen LogP contribution in [0.2, 0.25) is 0 Å². The van der Waals surface area contributed by atoms with Crippen LogP contribution in [0.25, 0.3) is 0 Å². The minimum Gasteiger partial charge on any atom is -0.370 e. The smallest absolute Gasteiger partial charge is 0.0510 e. The molecule has 0 amide bonds. The molecule has 0 bridgehead atoms. The van der Waals surface area contributed by atoms with E-state index in [9.17, 15) is 0 Å². The number of nitrogens with zero attached hydrogens (tertiary/aromatic N) is 1. The first kappa shape index (κ1) is 9.03. The van der Waals surface area contributed by atoms with E-state index in [-0.39, 0.29) is 0 Å². The van der Waals surface area contributed by atoms with Crippen LogP contribution in [-0.2, 0) is 6.54 Å². The Morgan fingerprint density at radius 3 is 2.62 bits per heavy atom. The molecule has 70 valence electrons. The van der Waals surface area contributed by atoms with Crippen LogP contribution < -0.4 is 10.6 Å². The van der Waals surface area contributed by atoms with Crippen molar-refractivity contribution in [1.82, 2.24) is 0 Å². The maximum Gasteiger partial charge on any atom is 0.0510 e. The summed E-state index contributed by atoms with van der Waals surface area (Å²) in [5.74, 6) is 0. The number of rotatable bonds is 2. The number of halogens is 1. The maximum atomic E-state index is 5.56. The Morgan fingerprint density at radius 1 is 1.38 bits per heavy atom. The number of nitrogens with two attached hydrogens (primary N) is 1. The molecule has 0 spiro atoms. The molecule has 1 aliphatic heterocycles. The van der Waals surface area contributed by atoms with Crippen molar-refractivity contribution < 1.29 is 0 Å². The minimum absolute atomic E-state index is 0.610. The molecule has 1 aromatic carbocycles. The average molecular weight is 241 g/mol. The van der Waals surface area contributed by atoms with Crippen molar-refractivity contribution in [3.05, 3.63) is 28.2 Å². The lowest BCUT2D eigenvalue weighted by atomic mass is 10.1. The molecule has 2 nitrogen and oxygen atoms in total. The Hall–Kier alpha value is -0.540. The van der Waals surface area contributed by atoms with E-state index < -0.39 is 0 Å². The summed E-state index contributed by atoms with van der Waals surface area (Å²) in [4.78, 5) is 2.37. The SMILES string of the molecule is NCc1ccc(N2CCC2)c(Br)c1. The van der Waals surface area contributed by atoms with E-state index in [1.807, 2.05) is 0 Å². The second-order valence-corrected chi connectivity index (χ2v) is 4.18. The molecule has 1 aromatic rings. The Balaban J connectivity index is 2.26. The fourth-order valence-corrected chi connectivity index (χ4v) is 2.17. The molecule has 1 heterocycles. The summed E-state index contributed by atoms with van der Waals surface area (Å²) in [6, 6.07) is 6.34. The van der Waals surface area contributed by atoms with Gasteiger partial charge in [0.1, 0.15) is 0 Å². The minimum atomic E-state index is 0.610. The Kier molecular flexibility index (Phi) is 2.56.